The molecule has 1 heterocycles. The van der Waals surface area contributed by atoms with Gasteiger partial charge in [0, 0.05) is 6.07 Å². The van der Waals surface area contributed by atoms with Crippen molar-refractivity contribution in [2.45, 2.75) is 6.36 Å². The van der Waals surface area contributed by atoms with E-state index in [0.717, 1.165) is 12.3 Å². The number of ether oxygens (including phenoxy) is 1. The van der Waals surface area contributed by atoms with E-state index in [0.29, 0.717) is 3.70 Å². The van der Waals surface area contributed by atoms with Gasteiger partial charge in [-0.2, -0.15) is 0 Å². The van der Waals surface area contributed by atoms with Crippen molar-refractivity contribution in [3.05, 3.63) is 16.0 Å². The fraction of sp³-hybridized carbons (Fsp3) is 0.167. The molecule has 1 rings (SSSR count). The fourth-order valence-electron chi connectivity index (χ4n) is 0.637. The van der Waals surface area contributed by atoms with Gasteiger partial charge in [0.15, 0.2) is 5.75 Å². The van der Waals surface area contributed by atoms with Crippen molar-refractivity contribution in [3.63, 3.8) is 0 Å². The lowest BCUT2D eigenvalue weighted by atomic mass is 10.4. The summed E-state index contributed by atoms with van der Waals surface area (Å²) in [5.74, 6) is -0.424. The summed E-state index contributed by atoms with van der Waals surface area (Å²) in [7, 11) is 0. The third-order valence-electron chi connectivity index (χ3n) is 1.09. The van der Waals surface area contributed by atoms with Gasteiger partial charge in [0.25, 0.3) is 0 Å². The zero-order valence-corrected chi connectivity index (χ0v) is 8.26. The van der Waals surface area contributed by atoms with E-state index in [-0.39, 0.29) is 5.69 Å². The molecule has 0 atom stereocenters. The molecule has 0 aliphatic carbocycles. The van der Waals surface area contributed by atoms with Crippen LogP contribution in [0.3, 0.4) is 0 Å². The van der Waals surface area contributed by atoms with Crippen molar-refractivity contribution in [2.24, 2.45) is 0 Å². The summed E-state index contributed by atoms with van der Waals surface area (Å²) in [6, 6.07) is 1.11. The molecule has 0 saturated carbocycles. The number of alkyl halides is 3. The maximum Gasteiger partial charge on any atom is 0.573 e. The smallest absolute Gasteiger partial charge is 0.403 e. The number of hydrogen-bond acceptors (Lipinski definition) is 3. The van der Waals surface area contributed by atoms with E-state index < -0.39 is 12.1 Å². The molecule has 0 saturated heterocycles. The van der Waals surface area contributed by atoms with Gasteiger partial charge in [0.05, 0.1) is 11.9 Å². The molecular formula is C6H4F3IN2O. The molecule has 0 spiro atoms. The summed E-state index contributed by atoms with van der Waals surface area (Å²) in [6.45, 7) is 0. The van der Waals surface area contributed by atoms with Gasteiger partial charge in [-0.3, -0.25) is 0 Å². The molecule has 0 aliphatic rings. The van der Waals surface area contributed by atoms with Crippen molar-refractivity contribution < 1.29 is 17.9 Å². The van der Waals surface area contributed by atoms with Crippen LogP contribution < -0.4 is 10.5 Å². The number of anilines is 1. The molecule has 1 aromatic heterocycles. The quantitative estimate of drug-likeness (QED) is 0.639. The summed E-state index contributed by atoms with van der Waals surface area (Å²) in [5.41, 5.74) is 5.06. The van der Waals surface area contributed by atoms with Crippen LogP contribution in [0, 0.1) is 3.70 Å². The zero-order valence-electron chi connectivity index (χ0n) is 6.10. The number of nitrogens with two attached hydrogens (primary N) is 1. The standard InChI is InChI=1S/C6H4F3IN2O/c7-6(8,9)13-4-1-5(10)12-2-3(4)11/h1-2H,11H2. The Balaban J connectivity index is 2.94. The van der Waals surface area contributed by atoms with Crippen molar-refractivity contribution in [2.75, 3.05) is 5.73 Å². The molecule has 0 radical (unpaired) electrons. The molecule has 0 bridgehead atoms. The molecule has 2 N–H and O–H groups in total. The molecule has 72 valence electrons. The molecule has 0 aliphatic heterocycles. The van der Waals surface area contributed by atoms with Crippen LogP contribution in [0.15, 0.2) is 12.3 Å². The van der Waals surface area contributed by atoms with Crippen molar-refractivity contribution in [3.8, 4) is 5.75 Å². The van der Waals surface area contributed by atoms with E-state index in [1.807, 2.05) is 0 Å². The third kappa shape index (κ3) is 3.25. The molecule has 0 unspecified atom stereocenters. The maximum atomic E-state index is 11.8. The van der Waals surface area contributed by atoms with Crippen LogP contribution in [-0.4, -0.2) is 11.3 Å². The Hall–Kier alpha value is -0.730. The minimum absolute atomic E-state index is 0.141. The predicted molar refractivity (Wildman–Crippen MR) is 48.0 cm³/mol. The van der Waals surface area contributed by atoms with Gasteiger partial charge in [-0.1, -0.05) is 0 Å². The molecule has 7 heteroatoms. The van der Waals surface area contributed by atoms with E-state index in [4.69, 9.17) is 5.73 Å². The lowest BCUT2D eigenvalue weighted by molar-refractivity contribution is -0.274. The summed E-state index contributed by atoms with van der Waals surface area (Å²) >= 11 is 1.76. The van der Waals surface area contributed by atoms with Crippen LogP contribution in [0.5, 0.6) is 5.75 Å². The highest BCUT2D eigenvalue weighted by Crippen LogP contribution is 2.28. The van der Waals surface area contributed by atoms with Gasteiger partial charge in [0.2, 0.25) is 0 Å². The van der Waals surface area contributed by atoms with Gasteiger partial charge in [-0.15, -0.1) is 13.2 Å². The average molecular weight is 304 g/mol. The van der Waals surface area contributed by atoms with E-state index >= 15 is 0 Å². The SMILES string of the molecule is Nc1cnc(I)cc1OC(F)(F)F. The van der Waals surface area contributed by atoms with Crippen LogP contribution in [0.1, 0.15) is 0 Å². The monoisotopic (exact) mass is 304 g/mol. The molecule has 13 heavy (non-hydrogen) atoms. The van der Waals surface area contributed by atoms with Crippen molar-refractivity contribution in [1.29, 1.82) is 0 Å². The summed E-state index contributed by atoms with van der Waals surface area (Å²) in [5, 5.41) is 0. The Labute approximate surface area is 85.2 Å². The second-order valence-corrected chi connectivity index (χ2v) is 3.20. The normalized spacial score (nSPS) is 11.4. The zero-order chi connectivity index (χ0) is 10.1. The van der Waals surface area contributed by atoms with Gasteiger partial charge in [-0.05, 0) is 22.6 Å². The van der Waals surface area contributed by atoms with Crippen LogP contribution in [0.2, 0.25) is 0 Å². The topological polar surface area (TPSA) is 48.1 Å². The summed E-state index contributed by atoms with van der Waals surface area (Å²) < 4.78 is 39.3. The first-order valence-corrected chi connectivity index (χ1v) is 4.13. The average Bonchev–Trinajstić information content (AvgIpc) is 1.94. The molecule has 0 fully saturated rings. The Morgan fingerprint density at radius 3 is 2.62 bits per heavy atom. The third-order valence-corrected chi connectivity index (χ3v) is 1.68. The second kappa shape index (κ2) is 3.56. The van der Waals surface area contributed by atoms with Gasteiger partial charge < -0.3 is 10.5 Å². The Morgan fingerprint density at radius 2 is 2.08 bits per heavy atom. The van der Waals surface area contributed by atoms with Crippen LogP contribution in [0.25, 0.3) is 0 Å². The maximum absolute atomic E-state index is 11.8. The van der Waals surface area contributed by atoms with Crippen LogP contribution in [0.4, 0.5) is 18.9 Å². The largest absolute Gasteiger partial charge is 0.573 e. The molecular weight excluding hydrogens is 300 g/mol. The molecule has 3 nitrogen and oxygen atoms in total. The van der Waals surface area contributed by atoms with Crippen LogP contribution in [-0.2, 0) is 0 Å². The second-order valence-electron chi connectivity index (χ2n) is 2.09. The van der Waals surface area contributed by atoms with E-state index in [2.05, 4.69) is 9.72 Å². The first kappa shape index (κ1) is 10.4. The number of halogens is 4. The van der Waals surface area contributed by atoms with E-state index in [9.17, 15) is 13.2 Å². The Kier molecular flexibility index (Phi) is 2.84. The first-order chi connectivity index (χ1) is 5.88. The lowest BCUT2D eigenvalue weighted by Gasteiger charge is -2.10. The summed E-state index contributed by atoms with van der Waals surface area (Å²) in [6.07, 6.45) is -3.61. The minimum Gasteiger partial charge on any atom is -0.403 e. The Morgan fingerprint density at radius 1 is 1.46 bits per heavy atom. The number of nitrogens with zero attached hydrogens (tertiary/aromatic N) is 1. The fourth-order valence-corrected chi connectivity index (χ4v) is 1.06. The highest BCUT2D eigenvalue weighted by molar-refractivity contribution is 14.1. The van der Waals surface area contributed by atoms with Gasteiger partial charge >= 0.3 is 6.36 Å². The molecule has 0 aromatic carbocycles. The van der Waals surface area contributed by atoms with Crippen molar-refractivity contribution in [1.82, 2.24) is 4.98 Å². The highest BCUT2D eigenvalue weighted by Gasteiger charge is 2.32. The van der Waals surface area contributed by atoms with E-state index in [1.54, 1.807) is 22.6 Å². The number of pyridine rings is 1. The van der Waals surface area contributed by atoms with Crippen molar-refractivity contribution >= 4 is 28.3 Å². The summed E-state index contributed by atoms with van der Waals surface area (Å²) in [4.78, 5) is 3.68. The van der Waals surface area contributed by atoms with Crippen LogP contribution >= 0.6 is 22.6 Å². The minimum atomic E-state index is -4.72. The van der Waals surface area contributed by atoms with Gasteiger partial charge in [0.1, 0.15) is 3.70 Å². The Bertz CT molecular complexity index is 315. The highest BCUT2D eigenvalue weighted by atomic mass is 127. The van der Waals surface area contributed by atoms with Gasteiger partial charge in [-0.25, -0.2) is 4.98 Å². The lowest BCUT2D eigenvalue weighted by Crippen LogP contribution is -2.18. The van der Waals surface area contributed by atoms with E-state index in [1.165, 1.54) is 0 Å². The molecule has 0 amide bonds. The number of hydrogen-bond donors (Lipinski definition) is 1. The number of aromatic nitrogens is 1. The number of nitrogen functional groups attached to an aromatic ring is 1. The first-order valence-electron chi connectivity index (χ1n) is 3.05. The predicted octanol–water partition coefficient (Wildman–Crippen LogP) is 2.17. The number of rotatable bonds is 1. The molecule has 1 aromatic rings.